The van der Waals surface area contributed by atoms with Crippen LogP contribution >= 0.6 is 11.6 Å². The Labute approximate surface area is 138 Å². The maximum atomic E-state index is 12.2. The van der Waals surface area contributed by atoms with Gasteiger partial charge in [0.1, 0.15) is 11.6 Å². The molecule has 0 aliphatic heterocycles. The molecule has 0 unspecified atom stereocenters. The predicted octanol–water partition coefficient (Wildman–Crippen LogP) is 1.82. The summed E-state index contributed by atoms with van der Waals surface area (Å²) in [4.78, 5) is 0.0816. The highest BCUT2D eigenvalue weighted by Gasteiger charge is 2.21. The van der Waals surface area contributed by atoms with Crippen LogP contribution in [0.25, 0.3) is 0 Å². The van der Waals surface area contributed by atoms with Gasteiger partial charge in [-0.3, -0.25) is 0 Å². The largest absolute Gasteiger partial charge is 0.469 e. The summed E-state index contributed by atoms with van der Waals surface area (Å²) in [6.07, 6.45) is 1.79. The molecular weight excluding hydrogens is 342 g/mol. The molecule has 0 bridgehead atoms. The zero-order chi connectivity index (χ0) is 16.9. The van der Waals surface area contributed by atoms with Crippen LogP contribution in [0, 0.1) is 5.92 Å². The molecule has 0 fully saturated rings. The molecule has 1 aromatic carbocycles. The van der Waals surface area contributed by atoms with E-state index in [0.717, 1.165) is 0 Å². The molecular formula is C14H16ClN3O4S. The molecule has 1 heterocycles. The summed E-state index contributed by atoms with van der Waals surface area (Å²) < 4.78 is 32.1. The lowest BCUT2D eigenvalue weighted by molar-refractivity contribution is 0.313. The van der Waals surface area contributed by atoms with Gasteiger partial charge in [-0.05, 0) is 36.4 Å². The normalized spacial score (nSPS) is 13.9. The number of hydrogen-bond donors (Lipinski definition) is 3. The number of halogens is 1. The smallest absolute Gasteiger partial charge is 0.240 e. The zero-order valence-electron chi connectivity index (χ0n) is 12.0. The Morgan fingerprint density at radius 1 is 1.35 bits per heavy atom. The molecule has 0 saturated heterocycles. The summed E-state index contributed by atoms with van der Waals surface area (Å²) in [6.45, 7) is -0.0401. The average Bonchev–Trinajstić information content (AvgIpc) is 3.04. The number of hydrogen-bond acceptors (Lipinski definition) is 5. The summed E-state index contributed by atoms with van der Waals surface area (Å²) in [5.41, 5.74) is 5.63. The number of furan rings is 1. The fourth-order valence-corrected chi connectivity index (χ4v) is 3.15. The Hall–Kier alpha value is -2.03. The maximum Gasteiger partial charge on any atom is 0.240 e. The Bertz CT molecular complexity index is 758. The molecule has 1 aromatic heterocycles. The number of nitrogens with zero attached hydrogens (tertiary/aromatic N) is 1. The van der Waals surface area contributed by atoms with E-state index in [1.807, 2.05) is 0 Å². The minimum atomic E-state index is -3.72. The van der Waals surface area contributed by atoms with Crippen LogP contribution in [0.5, 0.6) is 0 Å². The van der Waals surface area contributed by atoms with Gasteiger partial charge in [0.15, 0.2) is 0 Å². The second kappa shape index (κ2) is 7.49. The maximum absolute atomic E-state index is 12.2. The number of amidine groups is 1. The van der Waals surface area contributed by atoms with Gasteiger partial charge in [-0.2, -0.15) is 0 Å². The van der Waals surface area contributed by atoms with Crippen LogP contribution in [-0.2, 0) is 16.4 Å². The first-order valence-electron chi connectivity index (χ1n) is 6.67. The van der Waals surface area contributed by atoms with E-state index in [-0.39, 0.29) is 17.3 Å². The molecule has 0 amide bonds. The molecule has 2 aromatic rings. The molecule has 7 nitrogen and oxygen atoms in total. The third kappa shape index (κ3) is 4.72. The Morgan fingerprint density at radius 2 is 2.04 bits per heavy atom. The minimum Gasteiger partial charge on any atom is -0.469 e. The third-order valence-corrected chi connectivity index (χ3v) is 4.90. The van der Waals surface area contributed by atoms with Gasteiger partial charge in [0, 0.05) is 23.9 Å². The van der Waals surface area contributed by atoms with Crippen molar-refractivity contribution in [3.05, 3.63) is 53.4 Å². The zero-order valence-corrected chi connectivity index (χ0v) is 13.6. The van der Waals surface area contributed by atoms with Crippen LogP contribution in [0.4, 0.5) is 0 Å². The van der Waals surface area contributed by atoms with Crippen molar-refractivity contribution in [1.29, 1.82) is 0 Å². The summed E-state index contributed by atoms with van der Waals surface area (Å²) >= 11 is 5.74. The van der Waals surface area contributed by atoms with Gasteiger partial charge in [-0.25, -0.2) is 13.1 Å². The first-order chi connectivity index (χ1) is 10.9. The number of nitrogens with one attached hydrogen (secondary N) is 1. The Kier molecular flexibility index (Phi) is 5.64. The van der Waals surface area contributed by atoms with Crippen LogP contribution < -0.4 is 10.5 Å². The Morgan fingerprint density at radius 3 is 2.61 bits per heavy atom. The van der Waals surface area contributed by atoms with Crippen LogP contribution in [0.3, 0.4) is 0 Å². The van der Waals surface area contributed by atoms with Crippen LogP contribution in [0.1, 0.15) is 5.76 Å². The average molecular weight is 358 g/mol. The third-order valence-electron chi connectivity index (χ3n) is 3.21. The van der Waals surface area contributed by atoms with Crippen molar-refractivity contribution < 1.29 is 18.0 Å². The van der Waals surface area contributed by atoms with Gasteiger partial charge in [0.05, 0.1) is 11.2 Å². The number of nitrogens with two attached hydrogens (primary N) is 1. The topological polar surface area (TPSA) is 118 Å². The van der Waals surface area contributed by atoms with Crippen molar-refractivity contribution in [1.82, 2.24) is 4.72 Å². The lowest BCUT2D eigenvalue weighted by Gasteiger charge is -2.15. The first-order valence-corrected chi connectivity index (χ1v) is 8.53. The fourth-order valence-electron chi connectivity index (χ4n) is 1.94. The van der Waals surface area contributed by atoms with Crippen molar-refractivity contribution >= 4 is 27.5 Å². The highest BCUT2D eigenvalue weighted by atomic mass is 35.5. The van der Waals surface area contributed by atoms with Gasteiger partial charge < -0.3 is 15.4 Å². The lowest BCUT2D eigenvalue weighted by atomic mass is 10.0. The molecule has 0 aliphatic carbocycles. The summed E-state index contributed by atoms with van der Waals surface area (Å²) in [6, 6.07) is 9.20. The summed E-state index contributed by atoms with van der Waals surface area (Å²) in [7, 11) is -3.72. The lowest BCUT2D eigenvalue weighted by Crippen LogP contribution is -2.37. The van der Waals surface area contributed by atoms with Crippen LogP contribution in [0.2, 0.25) is 5.02 Å². The Balaban J connectivity index is 2.09. The number of benzene rings is 1. The molecule has 0 saturated carbocycles. The monoisotopic (exact) mass is 357 g/mol. The molecule has 0 radical (unpaired) electrons. The van der Waals surface area contributed by atoms with Crippen molar-refractivity contribution in [3.8, 4) is 0 Å². The molecule has 1 atom stereocenters. The van der Waals surface area contributed by atoms with Crippen molar-refractivity contribution in [3.63, 3.8) is 0 Å². The van der Waals surface area contributed by atoms with Crippen LogP contribution in [0.15, 0.2) is 57.1 Å². The van der Waals surface area contributed by atoms with E-state index in [0.29, 0.717) is 17.2 Å². The molecule has 0 spiro atoms. The van der Waals surface area contributed by atoms with Crippen LogP contribution in [-0.4, -0.2) is 26.0 Å². The van der Waals surface area contributed by atoms with Gasteiger partial charge in [0.25, 0.3) is 0 Å². The summed E-state index contributed by atoms with van der Waals surface area (Å²) in [5, 5.41) is 12.2. The van der Waals surface area contributed by atoms with E-state index in [1.165, 1.54) is 30.5 Å². The van der Waals surface area contributed by atoms with Gasteiger partial charge in [-0.15, -0.1) is 0 Å². The van der Waals surface area contributed by atoms with Gasteiger partial charge in [0.2, 0.25) is 10.0 Å². The molecule has 23 heavy (non-hydrogen) atoms. The highest BCUT2D eigenvalue weighted by Crippen LogP contribution is 2.15. The second-order valence-electron chi connectivity index (χ2n) is 4.81. The van der Waals surface area contributed by atoms with Crippen molar-refractivity contribution in [2.45, 2.75) is 11.3 Å². The van der Waals surface area contributed by atoms with Crippen molar-refractivity contribution in [2.24, 2.45) is 16.8 Å². The van der Waals surface area contributed by atoms with E-state index < -0.39 is 15.9 Å². The number of sulfonamides is 1. The standard InChI is InChI=1S/C14H16ClN3O4S/c15-11-3-5-13(6-4-11)23(20,21)17-9-10(14(16)18-19)8-12-2-1-7-22-12/h1-7,10,17,19H,8-9H2,(H2,16,18)/t10-/m0/s1. The molecule has 9 heteroatoms. The van der Waals surface area contributed by atoms with E-state index in [2.05, 4.69) is 9.88 Å². The number of rotatable bonds is 7. The van der Waals surface area contributed by atoms with E-state index in [9.17, 15) is 8.42 Å². The second-order valence-corrected chi connectivity index (χ2v) is 7.01. The molecule has 0 aliphatic rings. The van der Waals surface area contributed by atoms with Gasteiger partial charge >= 0.3 is 0 Å². The highest BCUT2D eigenvalue weighted by molar-refractivity contribution is 7.89. The van der Waals surface area contributed by atoms with Gasteiger partial charge in [-0.1, -0.05) is 16.8 Å². The number of oxime groups is 1. The molecule has 2 rings (SSSR count). The SMILES string of the molecule is N/C(=N/O)[C@H](CNS(=O)(=O)c1ccc(Cl)cc1)Cc1ccco1. The summed E-state index contributed by atoms with van der Waals surface area (Å²) in [5.74, 6) is -0.0271. The molecule has 124 valence electrons. The van der Waals surface area contributed by atoms with E-state index in [1.54, 1.807) is 12.1 Å². The fraction of sp³-hybridized carbons (Fsp3) is 0.214. The molecule has 4 N–H and O–H groups in total. The van der Waals surface area contributed by atoms with E-state index in [4.69, 9.17) is 27.0 Å². The first kappa shape index (κ1) is 17.3. The predicted molar refractivity (Wildman–Crippen MR) is 86.0 cm³/mol. The van der Waals surface area contributed by atoms with Crippen molar-refractivity contribution in [2.75, 3.05) is 6.54 Å². The quantitative estimate of drug-likeness (QED) is 0.302. The van der Waals surface area contributed by atoms with E-state index >= 15 is 0 Å². The minimum absolute atomic E-state index is 0.0401.